The van der Waals surface area contributed by atoms with Crippen LogP contribution in [0.15, 0.2) is 6.07 Å². The third kappa shape index (κ3) is 2.84. The monoisotopic (exact) mass is 287 g/mol. The van der Waals surface area contributed by atoms with Crippen LogP contribution in [0.25, 0.3) is 0 Å². The summed E-state index contributed by atoms with van der Waals surface area (Å²) in [5, 5.41) is 7.61. The summed E-state index contributed by atoms with van der Waals surface area (Å²) in [7, 11) is 1.91. The van der Waals surface area contributed by atoms with Crippen LogP contribution in [0.1, 0.15) is 42.9 Å². The zero-order valence-corrected chi connectivity index (χ0v) is 13.0. The second kappa shape index (κ2) is 5.35. The Morgan fingerprint density at radius 1 is 1.33 bits per heavy atom. The zero-order valence-electron chi connectivity index (χ0n) is 13.0. The molecule has 0 aliphatic heterocycles. The summed E-state index contributed by atoms with van der Waals surface area (Å²) in [5.74, 6) is 3.55. The normalized spacial score (nSPS) is 14.3. The molecule has 1 aliphatic carbocycles. The van der Waals surface area contributed by atoms with Crippen LogP contribution in [0.5, 0.6) is 11.6 Å². The van der Waals surface area contributed by atoms with Crippen LogP contribution >= 0.6 is 0 Å². The van der Waals surface area contributed by atoms with Crippen molar-refractivity contribution in [2.24, 2.45) is 7.05 Å². The van der Waals surface area contributed by atoms with E-state index in [1.807, 2.05) is 31.6 Å². The van der Waals surface area contributed by atoms with Gasteiger partial charge in [0, 0.05) is 25.6 Å². The Labute approximate surface area is 124 Å². The molecule has 1 saturated carbocycles. The van der Waals surface area contributed by atoms with Gasteiger partial charge in [-0.1, -0.05) is 0 Å². The van der Waals surface area contributed by atoms with Crippen molar-refractivity contribution in [2.75, 3.05) is 11.9 Å². The minimum atomic E-state index is 0.488. The first kappa shape index (κ1) is 13.9. The molecule has 6 heteroatoms. The molecule has 0 bridgehead atoms. The summed E-state index contributed by atoms with van der Waals surface area (Å²) in [4.78, 5) is 9.11. The maximum Gasteiger partial charge on any atom is 0.224 e. The Kier molecular flexibility index (Phi) is 3.53. The van der Waals surface area contributed by atoms with Gasteiger partial charge < -0.3 is 10.1 Å². The van der Waals surface area contributed by atoms with E-state index in [1.54, 1.807) is 0 Å². The third-order valence-corrected chi connectivity index (χ3v) is 3.67. The molecule has 1 N–H and O–H groups in total. The molecule has 1 fully saturated rings. The highest BCUT2D eigenvalue weighted by Gasteiger charge is 2.28. The second-order valence-electron chi connectivity index (χ2n) is 5.48. The van der Waals surface area contributed by atoms with Gasteiger partial charge in [0.05, 0.1) is 5.69 Å². The molecule has 3 rings (SSSR count). The lowest BCUT2D eigenvalue weighted by atomic mass is 10.3. The molecule has 6 nitrogen and oxygen atoms in total. The van der Waals surface area contributed by atoms with E-state index >= 15 is 0 Å². The summed E-state index contributed by atoms with van der Waals surface area (Å²) in [6.07, 6.45) is 2.33. The molecule has 0 amide bonds. The summed E-state index contributed by atoms with van der Waals surface area (Å²) in [5.41, 5.74) is 1.86. The molecule has 112 valence electrons. The number of hydrogen-bond acceptors (Lipinski definition) is 5. The summed E-state index contributed by atoms with van der Waals surface area (Å²) >= 11 is 0. The predicted molar refractivity (Wildman–Crippen MR) is 80.9 cm³/mol. The fourth-order valence-corrected chi connectivity index (χ4v) is 2.30. The minimum absolute atomic E-state index is 0.488. The van der Waals surface area contributed by atoms with Gasteiger partial charge in [0.25, 0.3) is 0 Å². The Bertz CT molecular complexity index is 660. The molecule has 2 aromatic rings. The fourth-order valence-electron chi connectivity index (χ4n) is 2.30. The Hall–Kier alpha value is -2.11. The molecule has 0 radical (unpaired) electrons. The lowest BCUT2D eigenvalue weighted by Crippen LogP contribution is -2.04. The molecule has 2 heterocycles. The molecule has 0 atom stereocenters. The first-order valence-electron chi connectivity index (χ1n) is 7.39. The van der Waals surface area contributed by atoms with Gasteiger partial charge in [-0.2, -0.15) is 10.1 Å². The Morgan fingerprint density at radius 3 is 2.67 bits per heavy atom. The predicted octanol–water partition coefficient (Wildman–Crippen LogP) is 2.93. The second-order valence-corrected chi connectivity index (χ2v) is 5.48. The van der Waals surface area contributed by atoms with E-state index in [-0.39, 0.29) is 0 Å². The Balaban J connectivity index is 1.93. The lowest BCUT2D eigenvalue weighted by molar-refractivity contribution is 0.451. The number of hydrogen-bond donors (Lipinski definition) is 1. The molecule has 2 aromatic heterocycles. The van der Waals surface area contributed by atoms with Crippen molar-refractivity contribution in [3.63, 3.8) is 0 Å². The number of aromatic nitrogens is 4. The van der Waals surface area contributed by atoms with Gasteiger partial charge >= 0.3 is 0 Å². The maximum absolute atomic E-state index is 5.99. The number of ether oxygens (including phenoxy) is 1. The third-order valence-electron chi connectivity index (χ3n) is 3.67. The highest BCUT2D eigenvalue weighted by Crippen LogP contribution is 2.39. The molecule has 0 spiro atoms. The van der Waals surface area contributed by atoms with E-state index in [9.17, 15) is 0 Å². The van der Waals surface area contributed by atoms with E-state index in [4.69, 9.17) is 4.74 Å². The van der Waals surface area contributed by atoms with Gasteiger partial charge in [0.1, 0.15) is 17.3 Å². The van der Waals surface area contributed by atoms with Crippen LogP contribution in [-0.4, -0.2) is 26.3 Å². The molecule has 0 unspecified atom stereocenters. The van der Waals surface area contributed by atoms with E-state index in [0.29, 0.717) is 11.8 Å². The van der Waals surface area contributed by atoms with Crippen LogP contribution in [0.3, 0.4) is 0 Å². The SMILES string of the molecule is CCNc1cc(Oc2c(C)nn(C)c2C)nc(C2CC2)n1. The number of rotatable bonds is 5. The van der Waals surface area contributed by atoms with Crippen molar-refractivity contribution in [1.82, 2.24) is 19.7 Å². The lowest BCUT2D eigenvalue weighted by Gasteiger charge is -2.10. The van der Waals surface area contributed by atoms with Gasteiger partial charge in [-0.25, -0.2) is 4.98 Å². The average Bonchev–Trinajstić information content (AvgIpc) is 3.25. The van der Waals surface area contributed by atoms with E-state index in [0.717, 1.165) is 35.3 Å². The van der Waals surface area contributed by atoms with E-state index in [2.05, 4.69) is 27.3 Å². The maximum atomic E-state index is 5.99. The first-order chi connectivity index (χ1) is 10.1. The van der Waals surface area contributed by atoms with Crippen molar-refractivity contribution in [2.45, 2.75) is 39.5 Å². The standard InChI is InChI=1S/C15H21N5O/c1-5-16-12-8-13(18-15(17-12)11-6-7-11)21-14-9(2)19-20(4)10(14)3/h8,11H,5-7H2,1-4H3,(H,16,17,18). The highest BCUT2D eigenvalue weighted by molar-refractivity contribution is 5.42. The average molecular weight is 287 g/mol. The van der Waals surface area contributed by atoms with Crippen LogP contribution < -0.4 is 10.1 Å². The molecule has 0 aromatic carbocycles. The van der Waals surface area contributed by atoms with Crippen LogP contribution in [0, 0.1) is 13.8 Å². The van der Waals surface area contributed by atoms with Crippen molar-refractivity contribution < 1.29 is 4.74 Å². The fraction of sp³-hybridized carbons (Fsp3) is 0.533. The van der Waals surface area contributed by atoms with Crippen LogP contribution in [-0.2, 0) is 7.05 Å². The van der Waals surface area contributed by atoms with Gasteiger partial charge in [0.15, 0.2) is 5.75 Å². The van der Waals surface area contributed by atoms with Crippen LogP contribution in [0.4, 0.5) is 5.82 Å². The summed E-state index contributed by atoms with van der Waals surface area (Å²) in [6, 6.07) is 1.85. The Morgan fingerprint density at radius 2 is 2.10 bits per heavy atom. The van der Waals surface area contributed by atoms with Gasteiger partial charge in [-0.05, 0) is 33.6 Å². The van der Waals surface area contributed by atoms with Gasteiger partial charge in [-0.15, -0.1) is 0 Å². The topological polar surface area (TPSA) is 64.9 Å². The van der Waals surface area contributed by atoms with Crippen LogP contribution in [0.2, 0.25) is 0 Å². The van der Waals surface area contributed by atoms with E-state index < -0.39 is 0 Å². The van der Waals surface area contributed by atoms with Crippen molar-refractivity contribution >= 4 is 5.82 Å². The first-order valence-corrected chi connectivity index (χ1v) is 7.39. The highest BCUT2D eigenvalue weighted by atomic mass is 16.5. The smallest absolute Gasteiger partial charge is 0.224 e. The summed E-state index contributed by atoms with van der Waals surface area (Å²) in [6.45, 7) is 6.81. The largest absolute Gasteiger partial charge is 0.435 e. The number of nitrogens with zero attached hydrogens (tertiary/aromatic N) is 4. The number of aryl methyl sites for hydroxylation is 2. The van der Waals surface area contributed by atoms with E-state index in [1.165, 1.54) is 12.8 Å². The minimum Gasteiger partial charge on any atom is -0.435 e. The van der Waals surface area contributed by atoms with Gasteiger partial charge in [0.2, 0.25) is 5.88 Å². The van der Waals surface area contributed by atoms with Crippen molar-refractivity contribution in [3.8, 4) is 11.6 Å². The molecule has 0 saturated heterocycles. The quantitative estimate of drug-likeness (QED) is 0.916. The summed E-state index contributed by atoms with van der Waals surface area (Å²) < 4.78 is 7.81. The number of nitrogens with one attached hydrogen (secondary N) is 1. The van der Waals surface area contributed by atoms with Gasteiger partial charge in [-0.3, -0.25) is 4.68 Å². The molecule has 21 heavy (non-hydrogen) atoms. The molecular weight excluding hydrogens is 266 g/mol. The molecule has 1 aliphatic rings. The van der Waals surface area contributed by atoms with Crippen molar-refractivity contribution in [1.29, 1.82) is 0 Å². The number of anilines is 1. The molecular formula is C15H21N5O. The van der Waals surface area contributed by atoms with Crippen molar-refractivity contribution in [3.05, 3.63) is 23.3 Å². The zero-order chi connectivity index (χ0) is 15.0.